The van der Waals surface area contributed by atoms with E-state index in [9.17, 15) is 0 Å². The van der Waals surface area contributed by atoms with Crippen LogP contribution in [0.1, 0.15) is 18.6 Å². The van der Waals surface area contributed by atoms with Gasteiger partial charge in [-0.2, -0.15) is 0 Å². The summed E-state index contributed by atoms with van der Waals surface area (Å²) in [6.45, 7) is 4.47. The zero-order valence-corrected chi connectivity index (χ0v) is 14.4. The van der Waals surface area contributed by atoms with Crippen LogP contribution >= 0.6 is 23.2 Å². The van der Waals surface area contributed by atoms with Crippen LogP contribution in [0, 0.1) is 5.92 Å². The molecule has 3 saturated heterocycles. The van der Waals surface area contributed by atoms with E-state index in [1.165, 1.54) is 32.5 Å². The Balaban J connectivity index is 1.42. The Labute approximate surface area is 146 Å². The second kappa shape index (κ2) is 6.48. The van der Waals surface area contributed by atoms with Crippen molar-refractivity contribution in [3.05, 3.63) is 46.1 Å². The molecule has 0 radical (unpaired) electrons. The lowest BCUT2D eigenvalue weighted by Crippen LogP contribution is -2.55. The fraction of sp³-hybridized carbons (Fsp3) is 0.444. The molecule has 0 saturated carbocycles. The normalized spacial score (nSPS) is 26.6. The number of furan rings is 1. The molecule has 3 aliphatic heterocycles. The van der Waals surface area contributed by atoms with Gasteiger partial charge in [0.2, 0.25) is 0 Å². The lowest BCUT2D eigenvalue weighted by atomic mass is 9.84. The molecule has 1 unspecified atom stereocenters. The van der Waals surface area contributed by atoms with Crippen LogP contribution < -0.4 is 5.32 Å². The van der Waals surface area contributed by atoms with E-state index in [2.05, 4.69) is 10.2 Å². The second-order valence-electron chi connectivity index (χ2n) is 6.52. The average molecular weight is 351 g/mol. The summed E-state index contributed by atoms with van der Waals surface area (Å²) in [6, 6.07) is 10.1. The van der Waals surface area contributed by atoms with Gasteiger partial charge in [-0.25, -0.2) is 0 Å². The Hall–Kier alpha value is -1.00. The topological polar surface area (TPSA) is 28.4 Å². The maximum atomic E-state index is 6.25. The van der Waals surface area contributed by atoms with Crippen LogP contribution in [0.25, 0.3) is 11.3 Å². The third-order valence-corrected chi connectivity index (χ3v) is 5.60. The van der Waals surface area contributed by atoms with E-state index in [4.69, 9.17) is 27.6 Å². The number of piperidine rings is 3. The third-order valence-electron chi connectivity index (χ3n) is 5.05. The van der Waals surface area contributed by atoms with E-state index in [1.54, 1.807) is 6.07 Å². The van der Waals surface area contributed by atoms with Crippen molar-refractivity contribution in [2.45, 2.75) is 25.4 Å². The maximum Gasteiger partial charge on any atom is 0.135 e. The first-order chi connectivity index (χ1) is 11.2. The van der Waals surface area contributed by atoms with Crippen molar-refractivity contribution in [2.75, 3.05) is 19.6 Å². The van der Waals surface area contributed by atoms with E-state index in [0.29, 0.717) is 16.1 Å². The SMILES string of the molecule is Clc1ccc(-c2ccc(CNC3CN4CCC3CC4)o2)c(Cl)c1. The molecule has 3 nitrogen and oxygen atoms in total. The van der Waals surface area contributed by atoms with Crippen molar-refractivity contribution in [1.29, 1.82) is 0 Å². The Morgan fingerprint density at radius 3 is 2.65 bits per heavy atom. The van der Waals surface area contributed by atoms with Crippen LogP contribution in [-0.2, 0) is 6.54 Å². The fourth-order valence-corrected chi connectivity index (χ4v) is 4.24. The molecular formula is C18H20Cl2N2O. The molecule has 0 spiro atoms. The Bertz CT molecular complexity index is 692. The quantitative estimate of drug-likeness (QED) is 0.883. The minimum absolute atomic E-state index is 0.588. The number of halogens is 2. The summed E-state index contributed by atoms with van der Waals surface area (Å²) in [5, 5.41) is 4.92. The van der Waals surface area contributed by atoms with E-state index in [1.807, 2.05) is 24.3 Å². The maximum absolute atomic E-state index is 6.25. The van der Waals surface area contributed by atoms with Crippen molar-refractivity contribution >= 4 is 23.2 Å². The molecule has 1 aromatic carbocycles. The monoisotopic (exact) mass is 350 g/mol. The van der Waals surface area contributed by atoms with Gasteiger partial charge in [0.05, 0.1) is 11.6 Å². The van der Waals surface area contributed by atoms with Crippen LogP contribution in [0.2, 0.25) is 10.0 Å². The van der Waals surface area contributed by atoms with Crippen molar-refractivity contribution in [3.63, 3.8) is 0 Å². The largest absolute Gasteiger partial charge is 0.460 e. The number of nitrogens with one attached hydrogen (secondary N) is 1. The van der Waals surface area contributed by atoms with Crippen LogP contribution in [0.4, 0.5) is 0 Å². The molecule has 0 amide bonds. The van der Waals surface area contributed by atoms with Gasteiger partial charge in [-0.15, -0.1) is 0 Å². The molecule has 1 atom stereocenters. The summed E-state index contributed by atoms with van der Waals surface area (Å²) in [6.07, 6.45) is 2.64. The average Bonchev–Trinajstić information content (AvgIpc) is 3.03. The lowest BCUT2D eigenvalue weighted by molar-refractivity contribution is 0.0711. The molecule has 122 valence electrons. The smallest absolute Gasteiger partial charge is 0.135 e. The summed E-state index contributed by atoms with van der Waals surface area (Å²) < 4.78 is 5.96. The minimum atomic E-state index is 0.588. The number of fused-ring (bicyclic) bond motifs is 3. The van der Waals surface area contributed by atoms with Gasteiger partial charge in [0.15, 0.2) is 0 Å². The molecule has 4 heterocycles. The highest BCUT2D eigenvalue weighted by atomic mass is 35.5. The third kappa shape index (κ3) is 3.29. The molecular weight excluding hydrogens is 331 g/mol. The Morgan fingerprint density at radius 1 is 1.13 bits per heavy atom. The zero-order valence-electron chi connectivity index (χ0n) is 12.9. The van der Waals surface area contributed by atoms with Gasteiger partial charge in [-0.3, -0.25) is 0 Å². The predicted octanol–water partition coefficient (Wildman–Crippen LogP) is 4.44. The molecule has 3 aliphatic rings. The Morgan fingerprint density at radius 2 is 1.96 bits per heavy atom. The van der Waals surface area contributed by atoms with Crippen molar-refractivity contribution in [2.24, 2.45) is 5.92 Å². The summed E-state index contributed by atoms with van der Waals surface area (Å²) >= 11 is 12.2. The molecule has 1 N–H and O–H groups in total. The standard InChI is InChI=1S/C18H20Cl2N2O/c19-13-1-3-15(16(20)9-13)18-4-2-14(23-18)10-21-17-11-22-7-5-12(17)6-8-22/h1-4,9,12,17,21H,5-8,10-11H2. The van der Waals surface area contributed by atoms with Crippen molar-refractivity contribution in [1.82, 2.24) is 10.2 Å². The van der Waals surface area contributed by atoms with E-state index in [0.717, 1.165) is 29.5 Å². The summed E-state index contributed by atoms with van der Waals surface area (Å²) in [5.41, 5.74) is 0.880. The molecule has 5 rings (SSSR count). The molecule has 0 aliphatic carbocycles. The molecule has 2 aromatic rings. The molecule has 1 aromatic heterocycles. The Kier molecular flexibility index (Phi) is 4.37. The van der Waals surface area contributed by atoms with Crippen LogP contribution in [-0.4, -0.2) is 30.6 Å². The summed E-state index contributed by atoms with van der Waals surface area (Å²) in [7, 11) is 0. The van der Waals surface area contributed by atoms with Crippen LogP contribution in [0.15, 0.2) is 34.7 Å². The minimum Gasteiger partial charge on any atom is -0.460 e. The number of rotatable bonds is 4. The molecule has 23 heavy (non-hydrogen) atoms. The van der Waals surface area contributed by atoms with E-state index < -0.39 is 0 Å². The van der Waals surface area contributed by atoms with E-state index >= 15 is 0 Å². The van der Waals surface area contributed by atoms with Crippen molar-refractivity contribution in [3.8, 4) is 11.3 Å². The van der Waals surface area contributed by atoms with Crippen LogP contribution in [0.3, 0.4) is 0 Å². The van der Waals surface area contributed by atoms with E-state index in [-0.39, 0.29) is 0 Å². The van der Waals surface area contributed by atoms with Crippen molar-refractivity contribution < 1.29 is 4.42 Å². The first-order valence-electron chi connectivity index (χ1n) is 8.19. The summed E-state index contributed by atoms with van der Waals surface area (Å²) in [4.78, 5) is 2.55. The lowest BCUT2D eigenvalue weighted by Gasteiger charge is -2.45. The van der Waals surface area contributed by atoms with Crippen LogP contribution in [0.5, 0.6) is 0 Å². The number of benzene rings is 1. The number of nitrogens with zero attached hydrogens (tertiary/aromatic N) is 1. The highest BCUT2D eigenvalue weighted by Crippen LogP contribution is 2.32. The first kappa shape index (κ1) is 15.5. The summed E-state index contributed by atoms with van der Waals surface area (Å²) in [5.74, 6) is 2.56. The van der Waals surface area contributed by atoms with Gasteiger partial charge in [0, 0.05) is 23.2 Å². The predicted molar refractivity (Wildman–Crippen MR) is 94.0 cm³/mol. The first-order valence-corrected chi connectivity index (χ1v) is 8.94. The highest BCUT2D eigenvalue weighted by molar-refractivity contribution is 6.36. The highest BCUT2D eigenvalue weighted by Gasteiger charge is 2.33. The molecule has 2 bridgehead atoms. The van der Waals surface area contributed by atoms with Gasteiger partial charge in [-0.05, 0) is 62.2 Å². The van der Waals surface area contributed by atoms with Gasteiger partial charge in [-0.1, -0.05) is 23.2 Å². The second-order valence-corrected chi connectivity index (χ2v) is 7.36. The van der Waals surface area contributed by atoms with Gasteiger partial charge in [0.1, 0.15) is 11.5 Å². The number of hydrogen-bond donors (Lipinski definition) is 1. The number of hydrogen-bond acceptors (Lipinski definition) is 3. The van der Waals surface area contributed by atoms with Gasteiger partial charge >= 0.3 is 0 Å². The van der Waals surface area contributed by atoms with Gasteiger partial charge < -0.3 is 14.6 Å². The molecule has 3 fully saturated rings. The zero-order chi connectivity index (χ0) is 15.8. The molecule has 5 heteroatoms. The van der Waals surface area contributed by atoms with Gasteiger partial charge in [0.25, 0.3) is 0 Å². The fourth-order valence-electron chi connectivity index (χ4n) is 3.74.